The summed E-state index contributed by atoms with van der Waals surface area (Å²) >= 11 is 0. The molecule has 112 valence electrons. The molecule has 1 saturated carbocycles. The van der Waals surface area contributed by atoms with Crippen LogP contribution in [0.4, 0.5) is 11.8 Å². The number of nitrogens with one attached hydrogen (secondary N) is 2. The lowest BCUT2D eigenvalue weighted by atomic mass is 10.0. The van der Waals surface area contributed by atoms with Gasteiger partial charge in [0.2, 0.25) is 11.8 Å². The molecule has 2 aliphatic rings. The number of allylic oxidation sites excluding steroid dienone is 1. The summed E-state index contributed by atoms with van der Waals surface area (Å²) in [6.45, 7) is 2.84. The van der Waals surface area contributed by atoms with Crippen LogP contribution in [-0.2, 0) is 0 Å². The summed E-state index contributed by atoms with van der Waals surface area (Å²) in [5.74, 6) is 2.07. The fourth-order valence-corrected chi connectivity index (χ4v) is 2.56. The lowest BCUT2D eigenvalue weighted by Gasteiger charge is -2.00. The lowest BCUT2D eigenvalue weighted by molar-refractivity contribution is 0.455. The molecular weight excluding hydrogens is 278 g/mol. The molecule has 0 spiro atoms. The normalized spacial score (nSPS) is 18.4. The van der Waals surface area contributed by atoms with Crippen LogP contribution in [0.5, 0.6) is 5.88 Å². The van der Waals surface area contributed by atoms with Gasteiger partial charge in [-0.3, -0.25) is 0 Å². The van der Waals surface area contributed by atoms with Crippen molar-refractivity contribution in [3.63, 3.8) is 0 Å². The predicted molar refractivity (Wildman–Crippen MR) is 86.3 cm³/mol. The van der Waals surface area contributed by atoms with Crippen molar-refractivity contribution in [1.82, 2.24) is 15.0 Å². The maximum atomic E-state index is 10.0. The number of fused-ring (bicyclic) bond motifs is 1. The molecule has 0 bridgehead atoms. The van der Waals surface area contributed by atoms with E-state index < -0.39 is 0 Å². The molecule has 6 heteroatoms. The van der Waals surface area contributed by atoms with Crippen molar-refractivity contribution in [1.29, 1.82) is 0 Å². The summed E-state index contributed by atoms with van der Waals surface area (Å²) in [6, 6.07) is 3.87. The smallest absolute Gasteiger partial charge is 0.238 e. The number of rotatable bonds is 4. The molecule has 6 nitrogen and oxygen atoms in total. The first-order chi connectivity index (χ1) is 10.7. The molecule has 3 N–H and O–H groups in total. The van der Waals surface area contributed by atoms with Crippen LogP contribution in [0, 0.1) is 5.92 Å². The van der Waals surface area contributed by atoms with Gasteiger partial charge in [-0.2, -0.15) is 4.98 Å². The van der Waals surface area contributed by atoms with Gasteiger partial charge in [0.25, 0.3) is 0 Å². The average molecular weight is 295 g/mol. The Morgan fingerprint density at radius 2 is 2.32 bits per heavy atom. The highest BCUT2D eigenvalue weighted by molar-refractivity contribution is 6.31. The van der Waals surface area contributed by atoms with Gasteiger partial charge in [-0.25, -0.2) is 9.98 Å². The predicted octanol–water partition coefficient (Wildman–Crippen LogP) is 2.98. The maximum absolute atomic E-state index is 10.0. The zero-order chi connectivity index (χ0) is 15.1. The van der Waals surface area contributed by atoms with Crippen LogP contribution >= 0.6 is 0 Å². The number of aromatic hydroxyl groups is 1. The van der Waals surface area contributed by atoms with Crippen LogP contribution in [-0.4, -0.2) is 32.3 Å². The van der Waals surface area contributed by atoms with E-state index in [0.29, 0.717) is 11.6 Å². The minimum absolute atomic E-state index is 0.00376. The summed E-state index contributed by atoms with van der Waals surface area (Å²) in [7, 11) is 0. The van der Waals surface area contributed by atoms with E-state index in [1.54, 1.807) is 6.20 Å². The van der Waals surface area contributed by atoms with E-state index in [-0.39, 0.29) is 5.88 Å². The molecule has 0 saturated heterocycles. The molecule has 0 radical (unpaired) electrons. The maximum Gasteiger partial charge on any atom is 0.238 e. The first-order valence-corrected chi connectivity index (χ1v) is 7.46. The summed E-state index contributed by atoms with van der Waals surface area (Å²) in [5.41, 5.74) is 3.40. The van der Waals surface area contributed by atoms with Crippen molar-refractivity contribution < 1.29 is 5.11 Å². The van der Waals surface area contributed by atoms with E-state index in [4.69, 9.17) is 0 Å². The molecule has 2 aromatic rings. The number of imidazole rings is 1. The van der Waals surface area contributed by atoms with Gasteiger partial charge in [-0.1, -0.05) is 0 Å². The van der Waals surface area contributed by atoms with E-state index >= 15 is 0 Å². The monoisotopic (exact) mass is 295 g/mol. The molecular formula is C16H17N5O. The number of aromatic amines is 1. The Kier molecular flexibility index (Phi) is 2.96. The number of hydrogen-bond acceptors (Lipinski definition) is 5. The highest BCUT2D eigenvalue weighted by atomic mass is 16.3. The van der Waals surface area contributed by atoms with Gasteiger partial charge in [0.05, 0.1) is 0 Å². The molecule has 4 rings (SSSR count). The van der Waals surface area contributed by atoms with Crippen molar-refractivity contribution in [3.05, 3.63) is 29.6 Å². The van der Waals surface area contributed by atoms with E-state index in [1.807, 2.05) is 25.1 Å². The van der Waals surface area contributed by atoms with Crippen LogP contribution < -0.4 is 5.32 Å². The average Bonchev–Trinajstić information content (AvgIpc) is 3.20. The molecule has 0 aromatic carbocycles. The standard InChI is InChI=1S/C16H17N5O/c1-9-12(11-3-2-6-17-14(11)19-9)7-13-15(22)21-16(20-13)18-8-10-4-5-10/h2-3,6-7,10,22H,4-5,8H2,1H3,(H2,18,20,21). The second kappa shape index (κ2) is 4.98. The molecule has 22 heavy (non-hydrogen) atoms. The minimum atomic E-state index is -0.00376. The second-order valence-electron chi connectivity index (χ2n) is 5.78. The van der Waals surface area contributed by atoms with Crippen molar-refractivity contribution in [2.24, 2.45) is 10.9 Å². The molecule has 3 heterocycles. The molecule has 1 aliphatic carbocycles. The van der Waals surface area contributed by atoms with Crippen molar-refractivity contribution in [3.8, 4) is 5.88 Å². The van der Waals surface area contributed by atoms with Crippen LogP contribution in [0.15, 0.2) is 23.3 Å². The zero-order valence-corrected chi connectivity index (χ0v) is 12.3. The van der Waals surface area contributed by atoms with Gasteiger partial charge in [0.15, 0.2) is 5.82 Å². The van der Waals surface area contributed by atoms with Crippen LogP contribution in [0.2, 0.25) is 0 Å². The fourth-order valence-electron chi connectivity index (χ4n) is 2.56. The first kappa shape index (κ1) is 13.1. The summed E-state index contributed by atoms with van der Waals surface area (Å²) in [5, 5.41) is 13.2. The van der Waals surface area contributed by atoms with Crippen LogP contribution in [0.25, 0.3) is 11.6 Å². The van der Waals surface area contributed by atoms with E-state index in [9.17, 15) is 5.11 Å². The molecule has 1 fully saturated rings. The Bertz CT molecular complexity index is 786. The zero-order valence-electron chi connectivity index (χ0n) is 12.3. The van der Waals surface area contributed by atoms with Crippen molar-refractivity contribution in [2.75, 3.05) is 11.9 Å². The number of aliphatic imine (C=N–C) groups is 1. The van der Waals surface area contributed by atoms with E-state index in [2.05, 4.69) is 25.3 Å². The number of hydrogen-bond donors (Lipinski definition) is 3. The van der Waals surface area contributed by atoms with Gasteiger partial charge in [-0.15, -0.1) is 0 Å². The van der Waals surface area contributed by atoms with Gasteiger partial charge >= 0.3 is 0 Å². The second-order valence-corrected chi connectivity index (χ2v) is 5.78. The minimum Gasteiger partial charge on any atom is -0.492 e. The quantitative estimate of drug-likeness (QED) is 0.809. The Balaban J connectivity index is 1.63. The van der Waals surface area contributed by atoms with Crippen LogP contribution in [0.1, 0.15) is 31.0 Å². The van der Waals surface area contributed by atoms with Gasteiger partial charge in [-0.05, 0) is 43.9 Å². The Morgan fingerprint density at radius 3 is 3.14 bits per heavy atom. The fraction of sp³-hybridized carbons (Fsp3) is 0.312. The van der Waals surface area contributed by atoms with Gasteiger partial charge in [0.1, 0.15) is 5.69 Å². The summed E-state index contributed by atoms with van der Waals surface area (Å²) in [4.78, 5) is 15.9. The molecule has 0 amide bonds. The van der Waals surface area contributed by atoms with Gasteiger partial charge in [0, 0.05) is 29.6 Å². The summed E-state index contributed by atoms with van der Waals surface area (Å²) in [6.07, 6.45) is 6.15. The number of anilines is 1. The third kappa shape index (κ3) is 2.36. The van der Waals surface area contributed by atoms with Gasteiger partial charge < -0.3 is 15.4 Å². The third-order valence-electron chi connectivity index (χ3n) is 4.00. The Labute approximate surface area is 128 Å². The molecule has 0 atom stereocenters. The lowest BCUT2D eigenvalue weighted by Crippen LogP contribution is -2.04. The Morgan fingerprint density at radius 1 is 1.45 bits per heavy atom. The first-order valence-electron chi connectivity index (χ1n) is 7.46. The topological polar surface area (TPSA) is 86.2 Å². The number of pyridine rings is 1. The van der Waals surface area contributed by atoms with Crippen molar-refractivity contribution >= 4 is 29.1 Å². The third-order valence-corrected chi connectivity index (χ3v) is 4.00. The number of nitrogens with zero attached hydrogens (tertiary/aromatic N) is 3. The largest absolute Gasteiger partial charge is 0.492 e. The SMILES string of the molecule is CC1=Nc2ncccc2C1=Cc1[nH]c(NCC2CC2)nc1O. The van der Waals surface area contributed by atoms with Crippen molar-refractivity contribution in [2.45, 2.75) is 19.8 Å². The Hall–Kier alpha value is -2.63. The molecule has 0 unspecified atom stereocenters. The highest BCUT2D eigenvalue weighted by Gasteiger charge is 2.22. The van der Waals surface area contributed by atoms with Crippen LogP contribution in [0.3, 0.4) is 0 Å². The molecule has 2 aromatic heterocycles. The van der Waals surface area contributed by atoms with E-state index in [0.717, 1.165) is 35.1 Å². The number of H-pyrrole nitrogens is 1. The molecule has 1 aliphatic heterocycles. The number of aromatic nitrogens is 3. The van der Waals surface area contributed by atoms with E-state index in [1.165, 1.54) is 12.8 Å². The highest BCUT2D eigenvalue weighted by Crippen LogP contribution is 2.35. The summed E-state index contributed by atoms with van der Waals surface area (Å²) < 4.78 is 0.